The van der Waals surface area contributed by atoms with Crippen molar-refractivity contribution >= 4 is 23.7 Å². The Morgan fingerprint density at radius 3 is 2.67 bits per heavy atom. The molecule has 5 rings (SSSR count). The maximum Gasteiger partial charge on any atom is 0.409 e. The number of amides is 3. The molecule has 3 fully saturated rings. The van der Waals surface area contributed by atoms with Crippen LogP contribution in [-0.4, -0.2) is 83.9 Å². The highest BCUT2D eigenvalue weighted by Gasteiger charge is 2.67. The molecule has 10 nitrogen and oxygen atoms in total. The SMILES string of the molecule is CCOC(=O)N1CCN(C(=O)C2C3C=CC4(CN(c5cc(C)on5)C(=O)C24)O3)CC1. The van der Waals surface area contributed by atoms with Crippen LogP contribution in [0.15, 0.2) is 22.7 Å². The average molecular weight is 416 g/mol. The Morgan fingerprint density at radius 2 is 2.00 bits per heavy atom. The molecule has 4 aliphatic heterocycles. The van der Waals surface area contributed by atoms with E-state index in [2.05, 4.69) is 5.16 Å². The van der Waals surface area contributed by atoms with Crippen LogP contribution in [0.4, 0.5) is 10.6 Å². The van der Waals surface area contributed by atoms with Crippen LogP contribution in [0.3, 0.4) is 0 Å². The van der Waals surface area contributed by atoms with Gasteiger partial charge in [-0.25, -0.2) is 4.79 Å². The highest BCUT2D eigenvalue weighted by Crippen LogP contribution is 2.53. The molecule has 1 aromatic heterocycles. The van der Waals surface area contributed by atoms with E-state index in [1.54, 1.807) is 34.6 Å². The summed E-state index contributed by atoms with van der Waals surface area (Å²) in [6, 6.07) is 1.71. The molecule has 0 aromatic carbocycles. The second-order valence-corrected chi connectivity index (χ2v) is 8.13. The van der Waals surface area contributed by atoms with Crippen LogP contribution in [0.2, 0.25) is 0 Å². The normalized spacial score (nSPS) is 32.1. The van der Waals surface area contributed by atoms with Gasteiger partial charge in [0.15, 0.2) is 5.82 Å². The van der Waals surface area contributed by atoms with Crippen LogP contribution in [0.1, 0.15) is 12.7 Å². The molecule has 4 atom stereocenters. The molecule has 30 heavy (non-hydrogen) atoms. The van der Waals surface area contributed by atoms with E-state index in [1.165, 1.54) is 0 Å². The van der Waals surface area contributed by atoms with Crippen LogP contribution in [0.25, 0.3) is 0 Å². The lowest BCUT2D eigenvalue weighted by Crippen LogP contribution is -2.54. The monoisotopic (exact) mass is 416 g/mol. The fourth-order valence-corrected chi connectivity index (χ4v) is 4.99. The van der Waals surface area contributed by atoms with Gasteiger partial charge < -0.3 is 23.8 Å². The van der Waals surface area contributed by atoms with Crippen molar-refractivity contribution in [3.05, 3.63) is 24.0 Å². The number of aryl methyl sites for hydroxylation is 1. The van der Waals surface area contributed by atoms with E-state index in [1.807, 2.05) is 12.2 Å². The Morgan fingerprint density at radius 1 is 1.27 bits per heavy atom. The summed E-state index contributed by atoms with van der Waals surface area (Å²) in [6.07, 6.45) is 3.03. The van der Waals surface area contributed by atoms with Gasteiger partial charge in [0.25, 0.3) is 0 Å². The lowest BCUT2D eigenvalue weighted by molar-refractivity contribution is -0.141. The van der Waals surface area contributed by atoms with E-state index < -0.39 is 23.5 Å². The smallest absolute Gasteiger partial charge is 0.409 e. The quantitative estimate of drug-likeness (QED) is 0.664. The minimum Gasteiger partial charge on any atom is -0.450 e. The zero-order valence-electron chi connectivity index (χ0n) is 16.9. The Kier molecular flexibility index (Phi) is 4.35. The van der Waals surface area contributed by atoms with Crippen molar-refractivity contribution < 1.29 is 28.4 Å². The Balaban J connectivity index is 1.32. The predicted molar refractivity (Wildman–Crippen MR) is 102 cm³/mol. The van der Waals surface area contributed by atoms with Crippen LogP contribution < -0.4 is 4.90 Å². The van der Waals surface area contributed by atoms with E-state index in [4.69, 9.17) is 14.0 Å². The molecule has 3 amide bonds. The molecule has 4 aliphatic rings. The molecule has 160 valence electrons. The molecular formula is C20H24N4O6. The van der Waals surface area contributed by atoms with Gasteiger partial charge in [-0.15, -0.1) is 0 Å². The van der Waals surface area contributed by atoms with Gasteiger partial charge in [0.2, 0.25) is 11.8 Å². The zero-order valence-corrected chi connectivity index (χ0v) is 16.9. The first-order valence-corrected chi connectivity index (χ1v) is 10.3. The molecule has 0 radical (unpaired) electrons. The molecule has 1 spiro atoms. The topological polar surface area (TPSA) is 105 Å². The maximum absolute atomic E-state index is 13.4. The molecule has 0 saturated carbocycles. The molecule has 2 bridgehead atoms. The third-order valence-corrected chi connectivity index (χ3v) is 6.39. The molecule has 1 aromatic rings. The number of nitrogens with zero attached hydrogens (tertiary/aromatic N) is 4. The number of anilines is 1. The van der Waals surface area contributed by atoms with Crippen LogP contribution in [0.5, 0.6) is 0 Å². The lowest BCUT2D eigenvalue weighted by Gasteiger charge is -2.36. The van der Waals surface area contributed by atoms with E-state index in [0.717, 1.165) is 0 Å². The van der Waals surface area contributed by atoms with Crippen LogP contribution >= 0.6 is 0 Å². The van der Waals surface area contributed by atoms with Crippen molar-refractivity contribution in [1.82, 2.24) is 15.0 Å². The summed E-state index contributed by atoms with van der Waals surface area (Å²) in [5.41, 5.74) is -0.804. The summed E-state index contributed by atoms with van der Waals surface area (Å²) >= 11 is 0. The molecular weight excluding hydrogens is 392 g/mol. The van der Waals surface area contributed by atoms with E-state index in [9.17, 15) is 14.4 Å². The van der Waals surface area contributed by atoms with Gasteiger partial charge in [0.05, 0.1) is 31.1 Å². The van der Waals surface area contributed by atoms with Crippen molar-refractivity contribution in [2.45, 2.75) is 25.6 Å². The Bertz CT molecular complexity index is 920. The summed E-state index contributed by atoms with van der Waals surface area (Å²) in [5, 5.41) is 3.96. The number of hydrogen-bond acceptors (Lipinski definition) is 7. The average Bonchev–Trinajstić information content (AvgIpc) is 3.49. The molecule has 0 aliphatic carbocycles. The number of ether oxygens (including phenoxy) is 2. The number of carbonyl (C=O) groups excluding carboxylic acids is 3. The highest BCUT2D eigenvalue weighted by atomic mass is 16.6. The summed E-state index contributed by atoms with van der Waals surface area (Å²) in [5.74, 6) is -0.379. The fourth-order valence-electron chi connectivity index (χ4n) is 4.99. The number of rotatable bonds is 3. The predicted octanol–water partition coefficient (Wildman–Crippen LogP) is 0.570. The first-order chi connectivity index (χ1) is 14.4. The first-order valence-electron chi connectivity index (χ1n) is 10.3. The van der Waals surface area contributed by atoms with Gasteiger partial charge in [-0.2, -0.15) is 0 Å². The van der Waals surface area contributed by atoms with E-state index in [0.29, 0.717) is 50.9 Å². The van der Waals surface area contributed by atoms with Crippen molar-refractivity contribution in [3.63, 3.8) is 0 Å². The highest BCUT2D eigenvalue weighted by molar-refractivity contribution is 6.02. The minimum absolute atomic E-state index is 0.105. The summed E-state index contributed by atoms with van der Waals surface area (Å²) in [7, 11) is 0. The number of piperazine rings is 1. The largest absolute Gasteiger partial charge is 0.450 e. The van der Waals surface area contributed by atoms with Gasteiger partial charge in [0.1, 0.15) is 11.4 Å². The Hall–Kier alpha value is -2.88. The number of aromatic nitrogens is 1. The zero-order chi connectivity index (χ0) is 21.0. The molecule has 0 N–H and O–H groups in total. The van der Waals surface area contributed by atoms with Gasteiger partial charge in [-0.3, -0.25) is 14.5 Å². The second kappa shape index (κ2) is 6.83. The number of fused-ring (bicyclic) bond motifs is 1. The van der Waals surface area contributed by atoms with Gasteiger partial charge in [-0.1, -0.05) is 17.3 Å². The third-order valence-electron chi connectivity index (χ3n) is 6.39. The summed E-state index contributed by atoms with van der Waals surface area (Å²) in [6.45, 7) is 5.79. The number of hydrogen-bond donors (Lipinski definition) is 0. The standard InChI is InChI=1S/C20H24N4O6/c1-3-28-19(27)23-8-6-22(7-9-23)17(25)15-13-4-5-20(29-13)11-24(18(26)16(15)20)14-10-12(2)30-21-14/h4-5,10,13,15-16H,3,6-9,11H2,1-2H3. The van der Waals surface area contributed by atoms with Crippen molar-refractivity contribution in [3.8, 4) is 0 Å². The minimum atomic E-state index is -0.804. The van der Waals surface area contributed by atoms with Gasteiger partial charge in [-0.05, 0) is 13.8 Å². The summed E-state index contributed by atoms with van der Waals surface area (Å²) < 4.78 is 16.3. The van der Waals surface area contributed by atoms with Gasteiger partial charge in [0, 0.05) is 32.2 Å². The van der Waals surface area contributed by atoms with E-state index in [-0.39, 0.29) is 17.9 Å². The molecule has 4 unspecified atom stereocenters. The molecule has 10 heteroatoms. The number of carbonyl (C=O) groups is 3. The van der Waals surface area contributed by atoms with Crippen LogP contribution in [0, 0.1) is 18.8 Å². The van der Waals surface area contributed by atoms with E-state index >= 15 is 0 Å². The molecule has 3 saturated heterocycles. The summed E-state index contributed by atoms with van der Waals surface area (Å²) in [4.78, 5) is 43.5. The second-order valence-electron chi connectivity index (χ2n) is 8.13. The Labute approximate surface area is 173 Å². The third kappa shape index (κ3) is 2.73. The fraction of sp³-hybridized carbons (Fsp3) is 0.600. The van der Waals surface area contributed by atoms with Crippen molar-refractivity contribution in [1.29, 1.82) is 0 Å². The van der Waals surface area contributed by atoms with Crippen molar-refractivity contribution in [2.75, 3.05) is 44.2 Å². The van der Waals surface area contributed by atoms with Crippen molar-refractivity contribution in [2.24, 2.45) is 11.8 Å². The van der Waals surface area contributed by atoms with Gasteiger partial charge >= 0.3 is 6.09 Å². The van der Waals surface area contributed by atoms with Crippen LogP contribution in [-0.2, 0) is 19.1 Å². The lowest BCUT2D eigenvalue weighted by atomic mass is 9.76. The molecule has 5 heterocycles. The first kappa shape index (κ1) is 19.1. The maximum atomic E-state index is 13.4.